The highest BCUT2D eigenvalue weighted by atomic mass is 19.4. The van der Waals surface area contributed by atoms with Crippen LogP contribution < -0.4 is 10.6 Å². The highest BCUT2D eigenvalue weighted by molar-refractivity contribution is 5.96. The van der Waals surface area contributed by atoms with Gasteiger partial charge in [0, 0.05) is 12.4 Å². The van der Waals surface area contributed by atoms with Crippen molar-refractivity contribution >= 4 is 17.7 Å². The molecule has 0 bridgehead atoms. The molecule has 3 saturated carbocycles. The minimum Gasteiger partial charge on any atom is -0.446 e. The van der Waals surface area contributed by atoms with Crippen molar-refractivity contribution in [2.24, 2.45) is 17.8 Å². The van der Waals surface area contributed by atoms with Crippen molar-refractivity contribution in [2.75, 3.05) is 5.32 Å². The lowest BCUT2D eigenvalue weighted by molar-refractivity contribution is -0.143. The summed E-state index contributed by atoms with van der Waals surface area (Å²) in [5, 5.41) is 13.5. The number of amides is 2. The third-order valence-corrected chi connectivity index (χ3v) is 6.43. The maximum absolute atomic E-state index is 13.2. The van der Waals surface area contributed by atoms with Gasteiger partial charge >= 0.3 is 12.3 Å². The molecule has 2 N–H and O–H groups in total. The zero-order valence-corrected chi connectivity index (χ0v) is 18.5. The lowest BCUT2D eigenvalue weighted by atomic mass is 9.89. The Morgan fingerprint density at radius 3 is 2.44 bits per heavy atom. The second kappa shape index (κ2) is 8.95. The van der Waals surface area contributed by atoms with Gasteiger partial charge in [-0.3, -0.25) is 14.2 Å². The summed E-state index contributed by atoms with van der Waals surface area (Å²) in [6, 6.07) is 0.787. The number of hydrogen-bond donors (Lipinski definition) is 2. The number of rotatable bonds is 10. The van der Waals surface area contributed by atoms with Crippen LogP contribution in [0.3, 0.4) is 0 Å². The van der Waals surface area contributed by atoms with Crippen molar-refractivity contribution in [3.05, 3.63) is 30.4 Å². The fourth-order valence-electron chi connectivity index (χ4n) is 4.43. The Morgan fingerprint density at radius 1 is 1.12 bits per heavy atom. The highest BCUT2D eigenvalue weighted by Crippen LogP contribution is 2.51. The first-order chi connectivity index (χ1) is 16.2. The molecule has 3 aliphatic rings. The van der Waals surface area contributed by atoms with Gasteiger partial charge in [-0.15, -0.1) is 0 Å². The average Bonchev–Trinajstić information content (AvgIpc) is 3.65. The molecule has 184 valence electrons. The summed E-state index contributed by atoms with van der Waals surface area (Å²) < 4.78 is 45.9. The van der Waals surface area contributed by atoms with Gasteiger partial charge in [0.2, 0.25) is 5.91 Å². The molecule has 2 aromatic heterocycles. The van der Waals surface area contributed by atoms with Crippen molar-refractivity contribution in [2.45, 2.75) is 69.9 Å². The third-order valence-electron chi connectivity index (χ3n) is 6.43. The van der Waals surface area contributed by atoms with Gasteiger partial charge in [-0.05, 0) is 62.3 Å². The molecule has 0 spiro atoms. The number of nitrogens with zero attached hydrogens (tertiary/aromatic N) is 4. The standard InChI is InChI=1S/C22H27F3N6O3/c23-22(24,25)12-31-16(7-8-26-31)11-30-10-15(9-27-30)28-20(32)19(29-21(33)34-17-5-6-17)18(13-1-2-13)14-3-4-14/h7-10,13-14,17-19H,1-6,11-12H2,(H,28,32)(H,29,33)/t19-/m0/s1. The summed E-state index contributed by atoms with van der Waals surface area (Å²) in [6.45, 7) is -1.12. The van der Waals surface area contributed by atoms with Crippen molar-refractivity contribution < 1.29 is 27.5 Å². The molecule has 3 fully saturated rings. The first-order valence-electron chi connectivity index (χ1n) is 11.6. The molecule has 5 rings (SSSR count). The largest absolute Gasteiger partial charge is 0.446 e. The number of alkyl halides is 3. The maximum Gasteiger partial charge on any atom is 0.408 e. The molecule has 0 unspecified atom stereocenters. The lowest BCUT2D eigenvalue weighted by Crippen LogP contribution is -2.50. The maximum atomic E-state index is 13.2. The smallest absolute Gasteiger partial charge is 0.408 e. The molecular weight excluding hydrogens is 453 g/mol. The van der Waals surface area contributed by atoms with E-state index in [4.69, 9.17) is 4.74 Å². The highest BCUT2D eigenvalue weighted by Gasteiger charge is 2.48. The predicted octanol–water partition coefficient (Wildman–Crippen LogP) is 3.32. The number of hydrogen-bond acceptors (Lipinski definition) is 5. The van der Waals surface area contributed by atoms with E-state index in [2.05, 4.69) is 20.8 Å². The summed E-state index contributed by atoms with van der Waals surface area (Å²) >= 11 is 0. The summed E-state index contributed by atoms with van der Waals surface area (Å²) in [4.78, 5) is 25.6. The van der Waals surface area contributed by atoms with E-state index in [1.54, 1.807) is 6.20 Å². The molecule has 0 aromatic carbocycles. The summed E-state index contributed by atoms with van der Waals surface area (Å²) in [5.41, 5.74) is 0.739. The van der Waals surface area contributed by atoms with Crippen LogP contribution in [0.4, 0.5) is 23.7 Å². The molecule has 2 heterocycles. The van der Waals surface area contributed by atoms with Crippen LogP contribution in [0.5, 0.6) is 0 Å². The van der Waals surface area contributed by atoms with Gasteiger partial charge < -0.3 is 15.4 Å². The molecule has 3 aliphatic carbocycles. The van der Waals surface area contributed by atoms with Gasteiger partial charge in [0.15, 0.2) is 0 Å². The number of alkyl carbamates (subject to hydrolysis) is 1. The molecule has 12 heteroatoms. The topological polar surface area (TPSA) is 103 Å². The fraction of sp³-hybridized carbons (Fsp3) is 0.636. The Labute approximate surface area is 194 Å². The summed E-state index contributed by atoms with van der Waals surface area (Å²) in [6.07, 6.45) is 5.17. The number of anilines is 1. The van der Waals surface area contributed by atoms with E-state index < -0.39 is 24.9 Å². The first-order valence-corrected chi connectivity index (χ1v) is 11.6. The number of carbonyl (C=O) groups is 2. The molecule has 9 nitrogen and oxygen atoms in total. The van der Waals surface area contributed by atoms with Gasteiger partial charge in [0.05, 0.1) is 24.1 Å². The Hall–Kier alpha value is -3.05. The van der Waals surface area contributed by atoms with E-state index in [1.807, 2.05) is 0 Å². The van der Waals surface area contributed by atoms with Gasteiger partial charge in [-0.2, -0.15) is 23.4 Å². The van der Waals surface area contributed by atoms with Crippen molar-refractivity contribution in [1.29, 1.82) is 0 Å². The normalized spacial score (nSPS) is 19.2. The second-order valence-electron chi connectivity index (χ2n) is 9.49. The van der Waals surface area contributed by atoms with Crippen LogP contribution in [-0.2, 0) is 22.6 Å². The van der Waals surface area contributed by atoms with E-state index in [1.165, 1.54) is 23.1 Å². The zero-order valence-electron chi connectivity index (χ0n) is 18.5. The van der Waals surface area contributed by atoms with E-state index in [-0.39, 0.29) is 24.5 Å². The van der Waals surface area contributed by atoms with Crippen molar-refractivity contribution in [3.63, 3.8) is 0 Å². The minimum absolute atomic E-state index is 0.0620. The second-order valence-corrected chi connectivity index (χ2v) is 9.49. The monoisotopic (exact) mass is 480 g/mol. The fourth-order valence-corrected chi connectivity index (χ4v) is 4.43. The average molecular weight is 480 g/mol. The zero-order chi connectivity index (χ0) is 23.9. The quantitative estimate of drug-likeness (QED) is 0.543. The van der Waals surface area contributed by atoms with Crippen LogP contribution in [0.15, 0.2) is 24.7 Å². The lowest BCUT2D eigenvalue weighted by Gasteiger charge is -2.27. The predicted molar refractivity (Wildman–Crippen MR) is 114 cm³/mol. The van der Waals surface area contributed by atoms with Gasteiger partial charge in [-0.1, -0.05) is 0 Å². The third kappa shape index (κ3) is 5.89. The minimum atomic E-state index is -4.38. The number of carbonyl (C=O) groups excluding carboxylic acids is 2. The summed E-state index contributed by atoms with van der Waals surface area (Å²) in [5.74, 6) is 0.568. The summed E-state index contributed by atoms with van der Waals surface area (Å²) in [7, 11) is 0. The van der Waals surface area contributed by atoms with E-state index in [9.17, 15) is 22.8 Å². The van der Waals surface area contributed by atoms with Crippen LogP contribution in [0.1, 0.15) is 44.2 Å². The van der Waals surface area contributed by atoms with E-state index in [0.29, 0.717) is 23.2 Å². The first kappa shape index (κ1) is 22.7. The molecule has 2 aromatic rings. The molecule has 34 heavy (non-hydrogen) atoms. The molecule has 2 amide bonds. The van der Waals surface area contributed by atoms with Gasteiger partial charge in [0.1, 0.15) is 18.7 Å². The van der Waals surface area contributed by atoms with Crippen LogP contribution >= 0.6 is 0 Å². The molecule has 0 saturated heterocycles. The molecule has 1 atom stereocenters. The van der Waals surface area contributed by atoms with Crippen LogP contribution in [0, 0.1) is 17.8 Å². The molecule has 0 radical (unpaired) electrons. The molecule has 0 aliphatic heterocycles. The van der Waals surface area contributed by atoms with Gasteiger partial charge in [0.25, 0.3) is 0 Å². The number of nitrogens with one attached hydrogen (secondary N) is 2. The van der Waals surface area contributed by atoms with Crippen LogP contribution in [0.2, 0.25) is 0 Å². The SMILES string of the molecule is O=C(N[C@H](C(=O)Nc1cnn(Cc2ccnn2CC(F)(F)F)c1)C(C1CC1)C1CC1)OC1CC1. The van der Waals surface area contributed by atoms with Crippen LogP contribution in [0.25, 0.3) is 0 Å². The van der Waals surface area contributed by atoms with Crippen molar-refractivity contribution in [3.8, 4) is 0 Å². The van der Waals surface area contributed by atoms with Gasteiger partial charge in [-0.25, -0.2) is 4.79 Å². The number of halogens is 3. The Balaban J connectivity index is 1.25. The van der Waals surface area contributed by atoms with Crippen molar-refractivity contribution in [1.82, 2.24) is 24.9 Å². The van der Waals surface area contributed by atoms with E-state index >= 15 is 0 Å². The van der Waals surface area contributed by atoms with Crippen LogP contribution in [-0.4, -0.2) is 49.9 Å². The van der Waals surface area contributed by atoms with E-state index in [0.717, 1.165) is 43.2 Å². The number of ether oxygens (including phenoxy) is 1. The molecular formula is C22H27F3N6O3. The Bertz CT molecular complexity index is 1030. The Kier molecular flexibility index (Phi) is 5.98. The number of aromatic nitrogens is 4. The Morgan fingerprint density at radius 2 is 1.82 bits per heavy atom.